The van der Waals surface area contributed by atoms with Crippen LogP contribution in [-0.2, 0) is 4.74 Å². The summed E-state index contributed by atoms with van der Waals surface area (Å²) in [6.07, 6.45) is 13.0. The molecule has 8 nitrogen and oxygen atoms in total. The van der Waals surface area contributed by atoms with E-state index in [0.717, 1.165) is 31.6 Å². The number of rotatable bonds is 8. The molecule has 0 aromatic carbocycles. The first-order chi connectivity index (χ1) is 16.0. The van der Waals surface area contributed by atoms with Gasteiger partial charge in [0, 0.05) is 30.9 Å². The van der Waals surface area contributed by atoms with Gasteiger partial charge in [-0.3, -0.25) is 0 Å². The fraction of sp³-hybridized carbons (Fsp3) is 0.708. The maximum absolute atomic E-state index is 6.37. The number of aromatic nitrogens is 3. The second-order valence-corrected chi connectivity index (χ2v) is 9.91. The molecular formula is C24H37ClN6O2. The molecule has 0 amide bonds. The highest BCUT2D eigenvalue weighted by Gasteiger charge is 2.24. The van der Waals surface area contributed by atoms with Crippen molar-refractivity contribution in [2.24, 2.45) is 5.92 Å². The standard InChI is InChI=1S/C24H37ClN6O2/c1-30-13-11-19(12-14-30)31(2)23-27-22(26-18-9-10-21(32-3)20(25)15-18)28-24(29-23)33-16-17-7-5-4-6-8-17/h9,15,17,19,21H,4-8,10-14,16H2,1-3H3,(H,26,27,28,29). The van der Waals surface area contributed by atoms with Crippen molar-refractivity contribution in [2.75, 3.05) is 51.1 Å². The summed E-state index contributed by atoms with van der Waals surface area (Å²) in [6.45, 7) is 2.81. The van der Waals surface area contributed by atoms with Crippen LogP contribution < -0.4 is 15.0 Å². The van der Waals surface area contributed by atoms with Crippen molar-refractivity contribution < 1.29 is 9.47 Å². The van der Waals surface area contributed by atoms with Gasteiger partial charge in [-0.2, -0.15) is 15.0 Å². The Morgan fingerprint density at radius 2 is 1.88 bits per heavy atom. The molecule has 1 saturated heterocycles. The Labute approximate surface area is 202 Å². The number of likely N-dealkylation sites (tertiary alicyclic amines) is 1. The first-order valence-electron chi connectivity index (χ1n) is 12.2. The summed E-state index contributed by atoms with van der Waals surface area (Å²) in [5.41, 5.74) is 0.852. The molecule has 9 heteroatoms. The molecule has 1 aromatic heterocycles. The van der Waals surface area contributed by atoms with Crippen LogP contribution >= 0.6 is 11.6 Å². The fourth-order valence-electron chi connectivity index (χ4n) is 4.79. The zero-order valence-electron chi connectivity index (χ0n) is 20.1. The molecule has 2 aliphatic carbocycles. The minimum Gasteiger partial charge on any atom is -0.463 e. The molecule has 33 heavy (non-hydrogen) atoms. The highest BCUT2D eigenvalue weighted by molar-refractivity contribution is 6.30. The monoisotopic (exact) mass is 476 g/mol. The van der Waals surface area contributed by atoms with Crippen LogP contribution in [-0.4, -0.2) is 72.9 Å². The van der Waals surface area contributed by atoms with Crippen molar-refractivity contribution in [3.8, 4) is 6.01 Å². The first-order valence-corrected chi connectivity index (χ1v) is 12.6. The first kappa shape index (κ1) is 24.2. The Hall–Kier alpha value is -1.90. The van der Waals surface area contributed by atoms with E-state index < -0.39 is 0 Å². The van der Waals surface area contributed by atoms with Crippen molar-refractivity contribution in [1.29, 1.82) is 0 Å². The van der Waals surface area contributed by atoms with Crippen LogP contribution in [0.4, 0.5) is 11.9 Å². The van der Waals surface area contributed by atoms with Gasteiger partial charge in [-0.25, -0.2) is 0 Å². The number of anilines is 2. The van der Waals surface area contributed by atoms with Gasteiger partial charge in [-0.1, -0.05) is 36.9 Å². The number of methoxy groups -OCH3 is 1. The molecule has 0 radical (unpaired) electrons. The van der Waals surface area contributed by atoms with Crippen molar-refractivity contribution in [3.05, 3.63) is 22.9 Å². The summed E-state index contributed by atoms with van der Waals surface area (Å²) in [6, 6.07) is 0.780. The van der Waals surface area contributed by atoms with Gasteiger partial charge in [0.1, 0.15) is 0 Å². The highest BCUT2D eigenvalue weighted by Crippen LogP contribution is 2.27. The van der Waals surface area contributed by atoms with Crippen LogP contribution in [0.25, 0.3) is 0 Å². The zero-order chi connectivity index (χ0) is 23.2. The molecular weight excluding hydrogens is 440 g/mol. The van der Waals surface area contributed by atoms with E-state index in [0.29, 0.717) is 47.9 Å². The third-order valence-corrected chi connectivity index (χ3v) is 7.37. The predicted molar refractivity (Wildman–Crippen MR) is 132 cm³/mol. The summed E-state index contributed by atoms with van der Waals surface area (Å²) in [7, 11) is 5.91. The summed E-state index contributed by atoms with van der Waals surface area (Å²) in [5, 5.41) is 3.97. The molecule has 3 aliphatic rings. The minimum atomic E-state index is -0.101. The van der Waals surface area contributed by atoms with Gasteiger partial charge in [-0.05, 0) is 64.2 Å². The second kappa shape index (κ2) is 11.5. The molecule has 0 bridgehead atoms. The number of piperidine rings is 1. The van der Waals surface area contributed by atoms with E-state index in [-0.39, 0.29) is 6.10 Å². The van der Waals surface area contributed by atoms with Crippen LogP contribution in [0.15, 0.2) is 22.9 Å². The number of nitrogens with one attached hydrogen (secondary N) is 1. The number of halogens is 1. The smallest absolute Gasteiger partial charge is 0.323 e. The molecule has 1 aliphatic heterocycles. The Morgan fingerprint density at radius 1 is 1.12 bits per heavy atom. The molecule has 1 unspecified atom stereocenters. The zero-order valence-corrected chi connectivity index (χ0v) is 20.9. The fourth-order valence-corrected chi connectivity index (χ4v) is 5.08. The van der Waals surface area contributed by atoms with E-state index in [1.807, 2.05) is 12.2 Å². The van der Waals surface area contributed by atoms with Crippen LogP contribution in [0, 0.1) is 5.92 Å². The number of hydrogen-bond acceptors (Lipinski definition) is 8. The van der Waals surface area contributed by atoms with Gasteiger partial charge in [0.05, 0.1) is 12.7 Å². The lowest BCUT2D eigenvalue weighted by molar-refractivity contribution is 0.139. The minimum absolute atomic E-state index is 0.101. The summed E-state index contributed by atoms with van der Waals surface area (Å²) in [5.74, 6) is 1.69. The van der Waals surface area contributed by atoms with Gasteiger partial charge >= 0.3 is 6.01 Å². The SMILES string of the molecule is COC1CC=C(Nc2nc(OCC3CCCCC3)nc(N(C)C3CCN(C)CC3)n2)C=C1Cl. The lowest BCUT2D eigenvalue weighted by Gasteiger charge is -2.35. The Balaban J connectivity index is 1.51. The van der Waals surface area contributed by atoms with Gasteiger partial charge in [0.2, 0.25) is 11.9 Å². The Morgan fingerprint density at radius 3 is 2.58 bits per heavy atom. The molecule has 1 saturated carbocycles. The van der Waals surface area contributed by atoms with E-state index in [1.54, 1.807) is 7.11 Å². The van der Waals surface area contributed by atoms with E-state index in [2.05, 4.69) is 34.2 Å². The quantitative estimate of drug-likeness (QED) is 0.598. The van der Waals surface area contributed by atoms with Crippen LogP contribution in [0.3, 0.4) is 0 Å². The molecule has 4 rings (SSSR count). The average molecular weight is 477 g/mol. The Bertz CT molecular complexity index is 849. The molecule has 0 spiro atoms. The average Bonchev–Trinajstić information content (AvgIpc) is 2.83. The maximum Gasteiger partial charge on any atom is 0.323 e. The second-order valence-electron chi connectivity index (χ2n) is 9.48. The van der Waals surface area contributed by atoms with Gasteiger partial charge in [0.15, 0.2) is 0 Å². The van der Waals surface area contributed by atoms with E-state index in [1.165, 1.54) is 32.1 Å². The number of nitrogens with zero attached hydrogens (tertiary/aromatic N) is 5. The third-order valence-electron chi connectivity index (χ3n) is 7.02. The van der Waals surface area contributed by atoms with Crippen molar-refractivity contribution in [3.63, 3.8) is 0 Å². The largest absolute Gasteiger partial charge is 0.463 e. The van der Waals surface area contributed by atoms with Crippen molar-refractivity contribution >= 4 is 23.5 Å². The maximum atomic E-state index is 6.37. The van der Waals surface area contributed by atoms with Crippen molar-refractivity contribution in [1.82, 2.24) is 19.9 Å². The van der Waals surface area contributed by atoms with E-state index >= 15 is 0 Å². The predicted octanol–water partition coefficient (Wildman–Crippen LogP) is 4.20. The van der Waals surface area contributed by atoms with Crippen LogP contribution in [0.1, 0.15) is 51.4 Å². The molecule has 1 atom stereocenters. The molecule has 1 N–H and O–H groups in total. The van der Waals surface area contributed by atoms with Crippen molar-refractivity contribution in [2.45, 2.75) is 63.5 Å². The molecule has 182 valence electrons. The summed E-state index contributed by atoms with van der Waals surface area (Å²) >= 11 is 6.37. The number of ether oxygens (including phenoxy) is 2. The van der Waals surface area contributed by atoms with Gasteiger partial charge < -0.3 is 24.6 Å². The normalized spacial score (nSPS) is 23.1. The molecule has 2 fully saturated rings. The number of allylic oxidation sites excluding steroid dienone is 1. The topological polar surface area (TPSA) is 75.6 Å². The van der Waals surface area contributed by atoms with Gasteiger partial charge in [0.25, 0.3) is 0 Å². The molecule has 2 heterocycles. The lowest BCUT2D eigenvalue weighted by Crippen LogP contribution is -2.42. The lowest BCUT2D eigenvalue weighted by atomic mass is 9.90. The van der Waals surface area contributed by atoms with E-state index in [4.69, 9.17) is 31.0 Å². The highest BCUT2D eigenvalue weighted by atomic mass is 35.5. The Kier molecular flexibility index (Phi) is 8.44. The summed E-state index contributed by atoms with van der Waals surface area (Å²) < 4.78 is 11.5. The van der Waals surface area contributed by atoms with Crippen LogP contribution in [0.5, 0.6) is 6.01 Å². The molecule has 1 aromatic rings. The van der Waals surface area contributed by atoms with Gasteiger partial charge in [-0.15, -0.1) is 0 Å². The van der Waals surface area contributed by atoms with Crippen LogP contribution in [0.2, 0.25) is 0 Å². The van der Waals surface area contributed by atoms with E-state index in [9.17, 15) is 0 Å². The number of hydrogen-bond donors (Lipinski definition) is 1. The third kappa shape index (κ3) is 6.58. The summed E-state index contributed by atoms with van der Waals surface area (Å²) in [4.78, 5) is 18.5.